The van der Waals surface area contributed by atoms with E-state index in [1.165, 1.54) is 35.9 Å². The fourth-order valence-electron chi connectivity index (χ4n) is 5.00. The number of nitrogens with zero attached hydrogens (tertiary/aromatic N) is 1. The summed E-state index contributed by atoms with van der Waals surface area (Å²) in [6.07, 6.45) is 11.8. The van der Waals surface area contributed by atoms with Gasteiger partial charge in [-0.25, -0.2) is 4.79 Å². The van der Waals surface area contributed by atoms with E-state index >= 15 is 0 Å². The molecule has 4 rings (SSSR count). The van der Waals surface area contributed by atoms with Gasteiger partial charge >= 0.3 is 5.97 Å². The van der Waals surface area contributed by atoms with Crippen LogP contribution in [0.1, 0.15) is 78.5 Å². The molecule has 3 N–H and O–H groups in total. The van der Waals surface area contributed by atoms with Gasteiger partial charge in [0.25, 0.3) is 0 Å². The van der Waals surface area contributed by atoms with E-state index in [0.29, 0.717) is 12.0 Å². The van der Waals surface area contributed by atoms with Crippen LogP contribution in [0.2, 0.25) is 5.02 Å². The zero-order valence-corrected chi connectivity index (χ0v) is 20.3. The van der Waals surface area contributed by atoms with Gasteiger partial charge in [0.2, 0.25) is 0 Å². The number of nitrogens with one attached hydrogen (secondary N) is 1. The first-order valence-corrected chi connectivity index (χ1v) is 12.8. The molecule has 0 bridgehead atoms. The minimum absolute atomic E-state index is 0.0432. The Labute approximate surface area is 206 Å². The number of carboxylic acids is 1. The first-order chi connectivity index (χ1) is 16.5. The third-order valence-corrected chi connectivity index (χ3v) is 6.98. The summed E-state index contributed by atoms with van der Waals surface area (Å²) in [5, 5.41) is 24.7. The van der Waals surface area contributed by atoms with Crippen LogP contribution in [0.3, 0.4) is 0 Å². The van der Waals surface area contributed by atoms with Gasteiger partial charge in [-0.1, -0.05) is 49.4 Å². The largest absolute Gasteiger partial charge is 0.507 e. The van der Waals surface area contributed by atoms with Crippen molar-refractivity contribution in [1.82, 2.24) is 4.98 Å². The number of carbonyl (C=O) groups is 1. The van der Waals surface area contributed by atoms with Gasteiger partial charge in [0.05, 0.1) is 5.52 Å². The molecule has 180 valence electrons. The van der Waals surface area contributed by atoms with Crippen LogP contribution < -0.4 is 5.32 Å². The second kappa shape index (κ2) is 11.6. The van der Waals surface area contributed by atoms with E-state index in [4.69, 9.17) is 16.6 Å². The maximum atomic E-state index is 11.4. The van der Waals surface area contributed by atoms with Crippen molar-refractivity contribution >= 4 is 34.2 Å². The average molecular weight is 481 g/mol. The maximum absolute atomic E-state index is 11.4. The highest BCUT2D eigenvalue weighted by Gasteiger charge is 2.18. The molecule has 0 aliphatic heterocycles. The quantitative estimate of drug-likeness (QED) is 0.253. The smallest absolute Gasteiger partial charge is 0.339 e. The Bertz CT molecular complexity index is 1160. The summed E-state index contributed by atoms with van der Waals surface area (Å²) in [7, 11) is 0. The molecular formula is C28H33ClN2O3. The first-order valence-electron chi connectivity index (χ1n) is 12.4. The number of carboxylic acid groups (broad SMARTS) is 1. The second-order valence-corrected chi connectivity index (χ2v) is 9.63. The number of unbranched alkanes of at least 4 members (excludes halogenated alkanes) is 5. The number of aromatic carboxylic acids is 1. The van der Waals surface area contributed by atoms with Crippen molar-refractivity contribution in [1.29, 1.82) is 0 Å². The van der Waals surface area contributed by atoms with Gasteiger partial charge in [0.15, 0.2) is 0 Å². The number of aromatic nitrogens is 1. The van der Waals surface area contributed by atoms with E-state index in [0.717, 1.165) is 73.8 Å². The first kappa shape index (κ1) is 24.3. The van der Waals surface area contributed by atoms with Gasteiger partial charge in [0, 0.05) is 28.3 Å². The van der Waals surface area contributed by atoms with Crippen molar-refractivity contribution in [3.05, 3.63) is 63.8 Å². The summed E-state index contributed by atoms with van der Waals surface area (Å²) in [6.45, 7) is 0.944. The molecule has 1 heterocycles. The molecule has 0 fully saturated rings. The summed E-state index contributed by atoms with van der Waals surface area (Å²) in [4.78, 5) is 16.3. The van der Waals surface area contributed by atoms with E-state index in [2.05, 4.69) is 11.4 Å². The van der Waals surface area contributed by atoms with Gasteiger partial charge in [-0.3, -0.25) is 4.98 Å². The normalized spacial score (nSPS) is 13.1. The van der Waals surface area contributed by atoms with Crippen LogP contribution in [0.15, 0.2) is 36.4 Å². The highest BCUT2D eigenvalue weighted by Crippen LogP contribution is 2.34. The van der Waals surface area contributed by atoms with Crippen molar-refractivity contribution in [3.8, 4) is 5.75 Å². The third kappa shape index (κ3) is 5.82. The Balaban J connectivity index is 1.22. The molecule has 1 aromatic heterocycles. The second-order valence-electron chi connectivity index (χ2n) is 9.20. The average Bonchev–Trinajstić information content (AvgIpc) is 2.82. The van der Waals surface area contributed by atoms with Crippen LogP contribution in [-0.2, 0) is 19.3 Å². The van der Waals surface area contributed by atoms with Crippen LogP contribution in [0, 0.1) is 0 Å². The van der Waals surface area contributed by atoms with E-state index in [9.17, 15) is 15.0 Å². The lowest BCUT2D eigenvalue weighted by atomic mass is 9.92. The molecular weight excluding hydrogens is 448 g/mol. The number of benzene rings is 2. The van der Waals surface area contributed by atoms with Gasteiger partial charge in [0.1, 0.15) is 11.3 Å². The zero-order chi connectivity index (χ0) is 23.9. The number of aryl methyl sites for hydroxylation is 2. The lowest BCUT2D eigenvalue weighted by Gasteiger charge is -2.22. The monoisotopic (exact) mass is 480 g/mol. The molecule has 0 spiro atoms. The Kier molecular flexibility index (Phi) is 8.28. The Hall–Kier alpha value is -2.79. The number of halogens is 1. The Morgan fingerprint density at radius 2 is 1.76 bits per heavy atom. The summed E-state index contributed by atoms with van der Waals surface area (Å²) < 4.78 is 0. The minimum atomic E-state index is -1.06. The number of rotatable bonds is 11. The number of phenols is 1. The van der Waals surface area contributed by atoms with E-state index < -0.39 is 5.97 Å². The molecule has 3 aromatic rings. The van der Waals surface area contributed by atoms with E-state index in [1.54, 1.807) is 12.1 Å². The number of hydrogen-bond acceptors (Lipinski definition) is 4. The number of hydrogen-bond donors (Lipinski definition) is 3. The van der Waals surface area contributed by atoms with Crippen molar-refractivity contribution < 1.29 is 15.0 Å². The minimum Gasteiger partial charge on any atom is -0.507 e. The highest BCUT2D eigenvalue weighted by atomic mass is 35.5. The predicted molar refractivity (Wildman–Crippen MR) is 138 cm³/mol. The molecule has 0 saturated carbocycles. The molecule has 5 nitrogen and oxygen atoms in total. The molecule has 0 atom stereocenters. The van der Waals surface area contributed by atoms with Gasteiger partial charge in [-0.05, 0) is 80.3 Å². The summed E-state index contributed by atoms with van der Waals surface area (Å²) in [6, 6.07) is 10.9. The molecule has 6 heteroatoms. The third-order valence-electron chi connectivity index (χ3n) is 6.74. The van der Waals surface area contributed by atoms with Crippen molar-refractivity contribution in [2.75, 3.05) is 11.9 Å². The highest BCUT2D eigenvalue weighted by molar-refractivity contribution is 6.31. The number of anilines is 1. The maximum Gasteiger partial charge on any atom is 0.339 e. The molecule has 0 unspecified atom stereocenters. The molecule has 1 aliphatic carbocycles. The molecule has 2 aromatic carbocycles. The summed E-state index contributed by atoms with van der Waals surface area (Å²) >= 11 is 6.22. The van der Waals surface area contributed by atoms with Crippen LogP contribution in [0.25, 0.3) is 10.9 Å². The van der Waals surface area contributed by atoms with Gasteiger partial charge < -0.3 is 15.5 Å². The fourth-order valence-corrected chi connectivity index (χ4v) is 5.17. The summed E-state index contributed by atoms with van der Waals surface area (Å²) in [5.41, 5.74) is 5.59. The van der Waals surface area contributed by atoms with Crippen LogP contribution in [0.5, 0.6) is 5.75 Å². The van der Waals surface area contributed by atoms with Crippen molar-refractivity contribution in [2.45, 2.75) is 70.6 Å². The van der Waals surface area contributed by atoms with Crippen LogP contribution >= 0.6 is 11.6 Å². The molecule has 1 aliphatic rings. The molecule has 0 radical (unpaired) electrons. The topological polar surface area (TPSA) is 82.5 Å². The predicted octanol–water partition coefficient (Wildman–Crippen LogP) is 7.17. The van der Waals surface area contributed by atoms with Gasteiger partial charge in [-0.15, -0.1) is 0 Å². The lowest BCUT2D eigenvalue weighted by molar-refractivity contribution is 0.0692. The molecule has 0 amide bonds. The van der Waals surface area contributed by atoms with Crippen LogP contribution in [0.4, 0.5) is 5.69 Å². The summed E-state index contributed by atoms with van der Waals surface area (Å²) in [5.74, 6) is -1.21. The van der Waals surface area contributed by atoms with Crippen molar-refractivity contribution in [2.24, 2.45) is 0 Å². The van der Waals surface area contributed by atoms with Crippen molar-refractivity contribution in [3.63, 3.8) is 0 Å². The van der Waals surface area contributed by atoms with Gasteiger partial charge in [-0.2, -0.15) is 0 Å². The number of fused-ring (bicyclic) bond motifs is 2. The van der Waals surface area contributed by atoms with Crippen LogP contribution in [-0.4, -0.2) is 27.7 Å². The Morgan fingerprint density at radius 3 is 2.59 bits per heavy atom. The number of pyridine rings is 1. The molecule has 0 saturated heterocycles. The Morgan fingerprint density at radius 1 is 1.00 bits per heavy atom. The fraction of sp³-hybridized carbons (Fsp3) is 0.429. The lowest BCUT2D eigenvalue weighted by Crippen LogP contribution is -2.12. The zero-order valence-electron chi connectivity index (χ0n) is 19.6. The van der Waals surface area contributed by atoms with E-state index in [-0.39, 0.29) is 11.3 Å². The standard InChI is InChI=1S/C28H33ClN2O3/c29-20-15-16-22-24(18-20)31-23-13-7-6-12-21(23)27(22)30-17-8-4-2-1-3-5-10-19-11-9-14-25(32)26(19)28(33)34/h9,11,14-16,18,32H,1-8,10,12-13,17H2,(H,30,31)(H,33,34). The number of aromatic hydroxyl groups is 1. The molecule has 34 heavy (non-hydrogen) atoms. The SMILES string of the molecule is O=C(O)c1c(O)cccc1CCCCCCCCNc1c2c(nc3cc(Cl)ccc13)CCCC2. The van der Waals surface area contributed by atoms with E-state index in [1.807, 2.05) is 12.1 Å².